The standard InChI is InChI=1S/C26H34N4O2.C3H8/c1-5-30(6-2)24-16-22-21(27-25(28-22)19-9-7-8-17(3)14-19)15-23(24)29-26(31)18-10-12-20(32-4)13-11-18;1-3-2/h10-13,15-17,19H,5-9,14H2,1-4H3,(H,27,28)(H,29,31);3H2,1-2H3/t17-,19?;/m1./s1. The van der Waals surface area contributed by atoms with E-state index in [1.165, 1.54) is 32.1 Å². The Labute approximate surface area is 210 Å². The Morgan fingerprint density at radius 3 is 2.40 bits per heavy atom. The Hall–Kier alpha value is -3.02. The van der Waals surface area contributed by atoms with Gasteiger partial charge in [-0.25, -0.2) is 4.98 Å². The average molecular weight is 479 g/mol. The van der Waals surface area contributed by atoms with Crippen molar-refractivity contribution in [1.82, 2.24) is 9.97 Å². The fraction of sp³-hybridized carbons (Fsp3) is 0.517. The number of aromatic nitrogens is 2. The van der Waals surface area contributed by atoms with Gasteiger partial charge in [-0.15, -0.1) is 0 Å². The summed E-state index contributed by atoms with van der Waals surface area (Å²) in [5.41, 5.74) is 4.33. The Balaban J connectivity index is 0.00000108. The van der Waals surface area contributed by atoms with E-state index in [0.717, 1.165) is 53.0 Å². The van der Waals surface area contributed by atoms with Crippen LogP contribution in [0.2, 0.25) is 0 Å². The van der Waals surface area contributed by atoms with Crippen molar-refractivity contribution in [3.8, 4) is 5.75 Å². The lowest BCUT2D eigenvalue weighted by molar-refractivity contribution is 0.102. The minimum atomic E-state index is -0.138. The highest BCUT2D eigenvalue weighted by molar-refractivity contribution is 6.07. The van der Waals surface area contributed by atoms with Gasteiger partial charge in [0, 0.05) is 24.6 Å². The molecule has 1 unspecified atom stereocenters. The summed E-state index contributed by atoms with van der Waals surface area (Å²) in [6.07, 6.45) is 6.19. The van der Waals surface area contributed by atoms with Gasteiger partial charge >= 0.3 is 0 Å². The van der Waals surface area contributed by atoms with Crippen LogP contribution in [0.5, 0.6) is 5.75 Å². The molecule has 6 nitrogen and oxygen atoms in total. The third-order valence-electron chi connectivity index (χ3n) is 6.65. The molecule has 190 valence electrons. The lowest BCUT2D eigenvalue weighted by Gasteiger charge is -2.24. The molecule has 2 aromatic carbocycles. The van der Waals surface area contributed by atoms with Crippen molar-refractivity contribution in [3.63, 3.8) is 0 Å². The van der Waals surface area contributed by atoms with Crippen molar-refractivity contribution < 1.29 is 9.53 Å². The Kier molecular flexibility index (Phi) is 9.58. The van der Waals surface area contributed by atoms with Gasteiger partial charge in [0.1, 0.15) is 11.6 Å². The van der Waals surface area contributed by atoms with Gasteiger partial charge in [-0.1, -0.05) is 40.0 Å². The predicted octanol–water partition coefficient (Wildman–Crippen LogP) is 7.38. The van der Waals surface area contributed by atoms with Crippen molar-refractivity contribution in [2.24, 2.45) is 5.92 Å². The number of carbonyl (C=O) groups is 1. The highest BCUT2D eigenvalue weighted by atomic mass is 16.5. The van der Waals surface area contributed by atoms with Crippen molar-refractivity contribution in [1.29, 1.82) is 0 Å². The van der Waals surface area contributed by atoms with E-state index >= 15 is 0 Å². The second-order valence-electron chi connectivity index (χ2n) is 9.54. The highest BCUT2D eigenvalue weighted by Gasteiger charge is 2.24. The number of hydrogen-bond donors (Lipinski definition) is 2. The molecule has 1 heterocycles. The smallest absolute Gasteiger partial charge is 0.255 e. The summed E-state index contributed by atoms with van der Waals surface area (Å²) in [4.78, 5) is 23.8. The monoisotopic (exact) mass is 478 g/mol. The SMILES string of the molecule is CCC.CCN(CC)c1cc2nc(C3CCC[C@@H](C)C3)[nH]c2cc1NC(=O)c1ccc(OC)cc1. The summed E-state index contributed by atoms with van der Waals surface area (Å²) in [7, 11) is 1.62. The van der Waals surface area contributed by atoms with E-state index in [4.69, 9.17) is 9.72 Å². The van der Waals surface area contributed by atoms with Crippen LogP contribution < -0.4 is 15.0 Å². The van der Waals surface area contributed by atoms with Gasteiger partial charge in [-0.2, -0.15) is 0 Å². The maximum Gasteiger partial charge on any atom is 0.255 e. The summed E-state index contributed by atoms with van der Waals surface area (Å²) < 4.78 is 5.20. The first-order valence-electron chi connectivity index (χ1n) is 13.2. The molecule has 3 aromatic rings. The van der Waals surface area contributed by atoms with E-state index in [9.17, 15) is 4.79 Å². The third kappa shape index (κ3) is 6.56. The second-order valence-corrected chi connectivity index (χ2v) is 9.54. The predicted molar refractivity (Wildman–Crippen MR) is 147 cm³/mol. The molecule has 4 rings (SSSR count). The van der Waals surface area contributed by atoms with E-state index in [-0.39, 0.29) is 5.91 Å². The highest BCUT2D eigenvalue weighted by Crippen LogP contribution is 2.37. The Morgan fingerprint density at radius 2 is 1.80 bits per heavy atom. The number of imidazole rings is 1. The first-order valence-corrected chi connectivity index (χ1v) is 13.2. The second kappa shape index (κ2) is 12.6. The number of nitrogens with zero attached hydrogens (tertiary/aromatic N) is 2. The molecule has 1 aromatic heterocycles. The van der Waals surface area contributed by atoms with Crippen LogP contribution in [0.15, 0.2) is 36.4 Å². The molecule has 0 spiro atoms. The molecule has 1 amide bonds. The fourth-order valence-corrected chi connectivity index (χ4v) is 4.80. The van der Waals surface area contributed by atoms with Gasteiger partial charge in [-0.05, 0) is 69.0 Å². The van der Waals surface area contributed by atoms with Gasteiger partial charge in [0.2, 0.25) is 0 Å². The van der Waals surface area contributed by atoms with E-state index < -0.39 is 0 Å². The van der Waals surface area contributed by atoms with Crippen LogP contribution in [-0.2, 0) is 0 Å². The molecule has 0 bridgehead atoms. The number of ether oxygens (including phenoxy) is 1. The summed E-state index contributed by atoms with van der Waals surface area (Å²) in [6.45, 7) is 12.5. The first-order chi connectivity index (χ1) is 16.9. The van der Waals surface area contributed by atoms with Gasteiger partial charge in [0.05, 0.1) is 29.5 Å². The quantitative estimate of drug-likeness (QED) is 0.372. The normalized spacial score (nSPS) is 17.4. The number of hydrogen-bond acceptors (Lipinski definition) is 4. The van der Waals surface area contributed by atoms with E-state index in [1.807, 2.05) is 6.07 Å². The number of methoxy groups -OCH3 is 1. The average Bonchev–Trinajstić information content (AvgIpc) is 3.28. The van der Waals surface area contributed by atoms with Gasteiger partial charge < -0.3 is 19.9 Å². The molecular formula is C29H42N4O2. The Bertz CT molecular complexity index is 1090. The van der Waals surface area contributed by atoms with Crippen LogP contribution in [0, 0.1) is 5.92 Å². The maximum atomic E-state index is 13.0. The van der Waals surface area contributed by atoms with Crippen LogP contribution in [0.4, 0.5) is 11.4 Å². The molecule has 0 saturated heterocycles. The Morgan fingerprint density at radius 1 is 1.11 bits per heavy atom. The molecule has 1 fully saturated rings. The van der Waals surface area contributed by atoms with Crippen molar-refractivity contribution >= 4 is 28.3 Å². The molecule has 0 radical (unpaired) electrons. The molecule has 0 aliphatic heterocycles. The van der Waals surface area contributed by atoms with Gasteiger partial charge in [0.15, 0.2) is 0 Å². The number of nitrogens with one attached hydrogen (secondary N) is 2. The van der Waals surface area contributed by atoms with Crippen LogP contribution >= 0.6 is 0 Å². The molecule has 1 aliphatic carbocycles. The number of rotatable bonds is 7. The van der Waals surface area contributed by atoms with E-state index in [2.05, 4.69) is 55.9 Å². The summed E-state index contributed by atoms with van der Waals surface area (Å²) in [5, 5.41) is 3.13. The van der Waals surface area contributed by atoms with Gasteiger partial charge in [-0.3, -0.25) is 4.79 Å². The zero-order chi connectivity index (χ0) is 25.4. The van der Waals surface area contributed by atoms with E-state index in [1.54, 1.807) is 31.4 Å². The maximum absolute atomic E-state index is 13.0. The number of amides is 1. The van der Waals surface area contributed by atoms with Crippen LogP contribution in [0.25, 0.3) is 11.0 Å². The number of carbonyl (C=O) groups excluding carboxylic acids is 1. The molecule has 2 N–H and O–H groups in total. The first kappa shape index (κ1) is 26.6. The van der Waals surface area contributed by atoms with Crippen molar-refractivity contribution in [3.05, 3.63) is 47.8 Å². The number of aromatic amines is 1. The number of benzene rings is 2. The summed E-state index contributed by atoms with van der Waals surface area (Å²) in [5.74, 6) is 2.90. The number of anilines is 2. The molecule has 2 atom stereocenters. The zero-order valence-electron chi connectivity index (χ0n) is 22.3. The topological polar surface area (TPSA) is 70.2 Å². The third-order valence-corrected chi connectivity index (χ3v) is 6.65. The van der Waals surface area contributed by atoms with Crippen LogP contribution in [-0.4, -0.2) is 36.1 Å². The number of H-pyrrole nitrogens is 1. The van der Waals surface area contributed by atoms with Crippen molar-refractivity contribution in [2.45, 2.75) is 72.6 Å². The lowest BCUT2D eigenvalue weighted by Crippen LogP contribution is -2.24. The molecule has 35 heavy (non-hydrogen) atoms. The molecule has 1 saturated carbocycles. The van der Waals surface area contributed by atoms with Crippen LogP contribution in [0.3, 0.4) is 0 Å². The fourth-order valence-electron chi connectivity index (χ4n) is 4.80. The van der Waals surface area contributed by atoms with Crippen molar-refractivity contribution in [2.75, 3.05) is 30.4 Å². The minimum absolute atomic E-state index is 0.138. The summed E-state index contributed by atoms with van der Waals surface area (Å²) in [6, 6.07) is 11.3. The van der Waals surface area contributed by atoms with E-state index in [0.29, 0.717) is 11.5 Å². The minimum Gasteiger partial charge on any atom is -0.497 e. The van der Waals surface area contributed by atoms with Gasteiger partial charge in [0.25, 0.3) is 5.91 Å². The lowest BCUT2D eigenvalue weighted by atomic mass is 9.82. The summed E-state index contributed by atoms with van der Waals surface area (Å²) >= 11 is 0. The van der Waals surface area contributed by atoms with Crippen LogP contribution in [0.1, 0.15) is 88.8 Å². The molecule has 6 heteroatoms. The zero-order valence-corrected chi connectivity index (χ0v) is 22.3. The number of fused-ring (bicyclic) bond motifs is 1. The molecule has 1 aliphatic rings. The largest absolute Gasteiger partial charge is 0.497 e. The molecular weight excluding hydrogens is 436 g/mol.